The number of hydrogen-bond donors (Lipinski definition) is 0. The third-order valence-electron chi connectivity index (χ3n) is 3.86. The molecule has 0 aromatic rings. The molecule has 0 fully saturated rings. The zero-order valence-electron chi connectivity index (χ0n) is 11.9. The van der Waals surface area contributed by atoms with Gasteiger partial charge in [-0.25, -0.2) is 0 Å². The number of hydrogen-bond acceptors (Lipinski definition) is 1. The van der Waals surface area contributed by atoms with E-state index in [-0.39, 0.29) is 10.8 Å². The van der Waals surface area contributed by atoms with E-state index < -0.39 is 0 Å². The van der Waals surface area contributed by atoms with Gasteiger partial charge in [0.15, 0.2) is 0 Å². The second kappa shape index (κ2) is 4.51. The summed E-state index contributed by atoms with van der Waals surface area (Å²) < 4.78 is 0. The molecule has 88 valence electrons. The van der Waals surface area contributed by atoms with Crippen molar-refractivity contribution in [1.29, 1.82) is 0 Å². The molecule has 0 unspecified atom stereocenters. The Kier molecular flexibility index (Phi) is 4.33. The predicted molar refractivity (Wildman–Crippen MR) is 70.6 cm³/mol. The molecule has 0 radical (unpaired) electrons. The Bertz CT molecular complexity index is 285. The normalized spacial score (nSPS) is 16.5. The number of allylic oxidation sites excluding steroid dienone is 2. The third-order valence-corrected chi connectivity index (χ3v) is 3.86. The molecule has 0 rings (SSSR count). The van der Waals surface area contributed by atoms with E-state index in [4.69, 9.17) is 0 Å². The zero-order valence-corrected chi connectivity index (χ0v) is 11.9. The van der Waals surface area contributed by atoms with E-state index in [1.165, 1.54) is 16.9 Å². The molecule has 0 saturated heterocycles. The lowest BCUT2D eigenvalue weighted by Gasteiger charge is -2.32. The van der Waals surface area contributed by atoms with E-state index in [9.17, 15) is 0 Å². The largest absolute Gasteiger partial charge is 0.297 e. The van der Waals surface area contributed by atoms with Gasteiger partial charge in [-0.1, -0.05) is 45.8 Å². The molecule has 0 amide bonds. The van der Waals surface area contributed by atoms with Gasteiger partial charge < -0.3 is 0 Å². The lowest BCUT2D eigenvalue weighted by molar-refractivity contribution is 0.477. The van der Waals surface area contributed by atoms with Crippen molar-refractivity contribution in [3.05, 3.63) is 11.1 Å². The van der Waals surface area contributed by atoms with E-state index in [1.807, 2.05) is 7.05 Å². The summed E-state index contributed by atoms with van der Waals surface area (Å²) in [5.74, 6) is 0. The second-order valence-corrected chi connectivity index (χ2v) is 5.93. The summed E-state index contributed by atoms with van der Waals surface area (Å²) in [7, 11) is 1.87. The van der Waals surface area contributed by atoms with Crippen LogP contribution in [0.15, 0.2) is 16.1 Å². The molecule has 0 aliphatic carbocycles. The van der Waals surface area contributed by atoms with Crippen molar-refractivity contribution in [3.8, 4) is 0 Å². The Morgan fingerprint density at radius 1 is 0.800 bits per heavy atom. The Labute approximate surface area is 95.7 Å². The molecule has 0 aliphatic rings. The first-order valence-electron chi connectivity index (χ1n) is 5.67. The van der Waals surface area contributed by atoms with Crippen LogP contribution in [-0.4, -0.2) is 12.8 Å². The van der Waals surface area contributed by atoms with E-state index in [0.717, 1.165) is 0 Å². The Hall–Kier alpha value is -0.590. The minimum atomic E-state index is 0.0755. The first-order valence-corrected chi connectivity index (χ1v) is 5.67. The molecule has 0 atom stereocenters. The standard InChI is InChI=1S/C14H27N/c1-10(13(4,5)6)11(2)14(7,8)12(3)15-9/h1-9H3/b11-10-,15-12?. The molecule has 0 spiro atoms. The van der Waals surface area contributed by atoms with E-state index in [0.29, 0.717) is 0 Å². The van der Waals surface area contributed by atoms with Crippen molar-refractivity contribution in [2.45, 2.75) is 55.4 Å². The van der Waals surface area contributed by atoms with Crippen LogP contribution < -0.4 is 0 Å². The van der Waals surface area contributed by atoms with Gasteiger partial charge in [0.05, 0.1) is 0 Å². The average molecular weight is 209 g/mol. The molecule has 0 bridgehead atoms. The summed E-state index contributed by atoms with van der Waals surface area (Å²) >= 11 is 0. The monoisotopic (exact) mass is 209 g/mol. The fourth-order valence-electron chi connectivity index (χ4n) is 1.58. The van der Waals surface area contributed by atoms with Crippen LogP contribution in [0.25, 0.3) is 0 Å². The van der Waals surface area contributed by atoms with E-state index in [2.05, 4.69) is 60.4 Å². The van der Waals surface area contributed by atoms with Gasteiger partial charge in [0, 0.05) is 18.2 Å². The molecule has 15 heavy (non-hydrogen) atoms. The second-order valence-electron chi connectivity index (χ2n) is 5.93. The number of nitrogens with zero attached hydrogens (tertiary/aromatic N) is 1. The summed E-state index contributed by atoms with van der Waals surface area (Å²) in [5, 5.41) is 0. The average Bonchev–Trinajstić information content (AvgIpc) is 2.12. The third kappa shape index (κ3) is 3.19. The van der Waals surface area contributed by atoms with Gasteiger partial charge in [-0.15, -0.1) is 0 Å². The van der Waals surface area contributed by atoms with Crippen molar-refractivity contribution < 1.29 is 0 Å². The SMILES string of the molecule is CN=C(C)C(C)(C)/C(C)=C(/C)C(C)(C)C. The van der Waals surface area contributed by atoms with Crippen molar-refractivity contribution >= 4 is 5.71 Å². The van der Waals surface area contributed by atoms with Gasteiger partial charge in [-0.3, -0.25) is 4.99 Å². The van der Waals surface area contributed by atoms with Crippen molar-refractivity contribution in [2.75, 3.05) is 7.05 Å². The number of rotatable bonds is 2. The zero-order chi connectivity index (χ0) is 12.4. The van der Waals surface area contributed by atoms with Crippen LogP contribution in [0.3, 0.4) is 0 Å². The molecular weight excluding hydrogens is 182 g/mol. The van der Waals surface area contributed by atoms with Crippen LogP contribution in [0.2, 0.25) is 0 Å². The van der Waals surface area contributed by atoms with Crippen LogP contribution in [0.5, 0.6) is 0 Å². The highest BCUT2D eigenvalue weighted by Gasteiger charge is 2.28. The van der Waals surface area contributed by atoms with Crippen LogP contribution >= 0.6 is 0 Å². The minimum Gasteiger partial charge on any atom is -0.297 e. The quantitative estimate of drug-likeness (QED) is 0.469. The van der Waals surface area contributed by atoms with Gasteiger partial charge in [0.25, 0.3) is 0 Å². The predicted octanol–water partition coefficient (Wildman–Crippen LogP) is 4.49. The van der Waals surface area contributed by atoms with Crippen molar-refractivity contribution in [3.63, 3.8) is 0 Å². The van der Waals surface area contributed by atoms with E-state index in [1.54, 1.807) is 0 Å². The molecule has 0 heterocycles. The highest BCUT2D eigenvalue weighted by atomic mass is 14.7. The Morgan fingerprint density at radius 3 is 1.47 bits per heavy atom. The Balaban J connectivity index is 5.43. The van der Waals surface area contributed by atoms with Gasteiger partial charge in [-0.05, 0) is 26.2 Å². The molecule has 0 aliphatic heterocycles. The fourth-order valence-corrected chi connectivity index (χ4v) is 1.58. The first kappa shape index (κ1) is 14.4. The van der Waals surface area contributed by atoms with Gasteiger partial charge in [-0.2, -0.15) is 0 Å². The first-order chi connectivity index (χ1) is 6.55. The summed E-state index contributed by atoms with van der Waals surface area (Å²) in [6.07, 6.45) is 0. The summed E-state index contributed by atoms with van der Waals surface area (Å²) in [4.78, 5) is 4.33. The highest BCUT2D eigenvalue weighted by molar-refractivity contribution is 5.90. The molecular formula is C14H27N. The van der Waals surface area contributed by atoms with Crippen molar-refractivity contribution in [1.82, 2.24) is 0 Å². The molecule has 0 saturated carbocycles. The van der Waals surface area contributed by atoms with Crippen LogP contribution in [0, 0.1) is 10.8 Å². The molecule has 1 nitrogen and oxygen atoms in total. The lowest BCUT2D eigenvalue weighted by atomic mass is 9.73. The number of aliphatic imine (C=N–C) groups is 1. The summed E-state index contributed by atoms with van der Waals surface area (Å²) in [5.41, 5.74) is 4.43. The molecule has 0 N–H and O–H groups in total. The molecule has 1 heteroatoms. The fraction of sp³-hybridized carbons (Fsp3) is 0.786. The van der Waals surface area contributed by atoms with Gasteiger partial charge in [0.1, 0.15) is 0 Å². The van der Waals surface area contributed by atoms with E-state index >= 15 is 0 Å². The van der Waals surface area contributed by atoms with Gasteiger partial charge in [0.2, 0.25) is 0 Å². The van der Waals surface area contributed by atoms with Gasteiger partial charge >= 0.3 is 0 Å². The van der Waals surface area contributed by atoms with Crippen LogP contribution in [0.4, 0.5) is 0 Å². The maximum atomic E-state index is 4.33. The van der Waals surface area contributed by atoms with Crippen LogP contribution in [-0.2, 0) is 0 Å². The summed E-state index contributed by atoms with van der Waals surface area (Å²) in [6.45, 7) is 17.9. The highest BCUT2D eigenvalue weighted by Crippen LogP contribution is 2.36. The lowest BCUT2D eigenvalue weighted by Crippen LogP contribution is -2.26. The smallest absolute Gasteiger partial charge is 0.0276 e. The molecule has 0 aromatic carbocycles. The maximum absolute atomic E-state index is 4.33. The van der Waals surface area contributed by atoms with Crippen molar-refractivity contribution in [2.24, 2.45) is 15.8 Å². The topological polar surface area (TPSA) is 12.4 Å². The minimum absolute atomic E-state index is 0.0755. The maximum Gasteiger partial charge on any atom is 0.0276 e. The summed E-state index contributed by atoms with van der Waals surface area (Å²) in [6, 6.07) is 0. The van der Waals surface area contributed by atoms with Crippen LogP contribution in [0.1, 0.15) is 55.4 Å². The Morgan fingerprint density at radius 2 is 1.20 bits per heavy atom. The molecule has 0 aromatic heterocycles.